The van der Waals surface area contributed by atoms with Crippen LogP contribution in [0.1, 0.15) is 28.4 Å². The molecule has 0 heterocycles. The van der Waals surface area contributed by atoms with Gasteiger partial charge in [-0.2, -0.15) is 5.26 Å². The zero-order valence-corrected chi connectivity index (χ0v) is 19.3. The summed E-state index contributed by atoms with van der Waals surface area (Å²) in [7, 11) is 0. The fraction of sp³-hybridized carbons (Fsp3) is 0.115. The summed E-state index contributed by atoms with van der Waals surface area (Å²) in [5.74, 6) is -1.56. The molecule has 0 bridgehead atoms. The molecule has 0 aliphatic carbocycles. The molecule has 0 aliphatic rings. The number of amides is 1. The van der Waals surface area contributed by atoms with Gasteiger partial charge < -0.3 is 19.9 Å². The largest absolute Gasteiger partial charge is 0.490 e. The molecule has 35 heavy (non-hydrogen) atoms. The number of halogens is 2. The number of carbonyl (C=O) groups excluding carboxylic acids is 1. The minimum atomic E-state index is -1.02. The number of nitrogens with one attached hydrogen (secondary N) is 1. The number of carboxylic acids is 1. The van der Waals surface area contributed by atoms with Crippen LogP contribution in [0.15, 0.2) is 66.2 Å². The predicted octanol–water partition coefficient (Wildman–Crippen LogP) is 5.70. The van der Waals surface area contributed by atoms with Crippen molar-refractivity contribution in [3.8, 4) is 17.6 Å². The van der Waals surface area contributed by atoms with Gasteiger partial charge in [-0.05, 0) is 72.7 Å². The van der Waals surface area contributed by atoms with E-state index in [0.29, 0.717) is 23.6 Å². The number of nitrogens with zero attached hydrogens (tertiary/aromatic N) is 1. The lowest BCUT2D eigenvalue weighted by Crippen LogP contribution is -2.13. The van der Waals surface area contributed by atoms with E-state index in [2.05, 4.69) is 5.32 Å². The molecule has 0 fully saturated rings. The minimum Gasteiger partial charge on any atom is -0.490 e. The van der Waals surface area contributed by atoms with E-state index in [-0.39, 0.29) is 28.5 Å². The van der Waals surface area contributed by atoms with E-state index in [4.69, 9.17) is 26.2 Å². The summed E-state index contributed by atoms with van der Waals surface area (Å²) in [6, 6.07) is 16.3. The lowest BCUT2D eigenvalue weighted by molar-refractivity contribution is -0.112. The van der Waals surface area contributed by atoms with Crippen molar-refractivity contribution in [3.63, 3.8) is 0 Å². The highest BCUT2D eigenvalue weighted by atomic mass is 35.5. The Morgan fingerprint density at radius 1 is 1.11 bits per heavy atom. The Kier molecular flexibility index (Phi) is 8.43. The Bertz CT molecular complexity index is 1300. The summed E-state index contributed by atoms with van der Waals surface area (Å²) in [6.45, 7) is 2.20. The fourth-order valence-corrected chi connectivity index (χ4v) is 3.29. The second-order valence-electron chi connectivity index (χ2n) is 7.18. The highest BCUT2D eigenvalue weighted by molar-refractivity contribution is 6.32. The van der Waals surface area contributed by atoms with Gasteiger partial charge in [0.15, 0.2) is 11.5 Å². The van der Waals surface area contributed by atoms with Gasteiger partial charge >= 0.3 is 5.97 Å². The summed E-state index contributed by atoms with van der Waals surface area (Å²) in [4.78, 5) is 23.5. The zero-order valence-electron chi connectivity index (χ0n) is 18.5. The second kappa shape index (κ2) is 11.7. The van der Waals surface area contributed by atoms with Crippen molar-refractivity contribution in [1.29, 1.82) is 5.26 Å². The lowest BCUT2D eigenvalue weighted by Gasteiger charge is -2.15. The molecular formula is C26H20ClFN2O5. The molecule has 2 N–H and O–H groups in total. The minimum absolute atomic E-state index is 0.110. The monoisotopic (exact) mass is 494 g/mol. The van der Waals surface area contributed by atoms with E-state index in [1.54, 1.807) is 25.1 Å². The molecular weight excluding hydrogens is 475 g/mol. The molecule has 0 atom stereocenters. The average molecular weight is 495 g/mol. The van der Waals surface area contributed by atoms with E-state index < -0.39 is 17.7 Å². The number of benzene rings is 3. The van der Waals surface area contributed by atoms with Crippen LogP contribution in [0, 0.1) is 17.1 Å². The fourth-order valence-electron chi connectivity index (χ4n) is 3.02. The third-order valence-corrected chi connectivity index (χ3v) is 4.97. The molecule has 3 rings (SSSR count). The molecule has 0 unspecified atom stereocenters. The second-order valence-corrected chi connectivity index (χ2v) is 7.59. The van der Waals surface area contributed by atoms with Gasteiger partial charge in [0.25, 0.3) is 5.91 Å². The molecule has 3 aromatic rings. The number of carboxylic acid groups (broad SMARTS) is 1. The number of nitriles is 1. The third-order valence-electron chi connectivity index (χ3n) is 4.69. The Balaban J connectivity index is 1.81. The number of rotatable bonds is 9. The maximum absolute atomic E-state index is 13.1. The smallest absolute Gasteiger partial charge is 0.335 e. The van der Waals surface area contributed by atoms with Crippen molar-refractivity contribution in [3.05, 3.63) is 93.8 Å². The van der Waals surface area contributed by atoms with Crippen LogP contribution in [-0.4, -0.2) is 23.6 Å². The molecule has 0 aromatic heterocycles. The van der Waals surface area contributed by atoms with Crippen molar-refractivity contribution in [2.45, 2.75) is 13.5 Å². The number of hydrogen-bond acceptors (Lipinski definition) is 5. The summed E-state index contributed by atoms with van der Waals surface area (Å²) in [5.41, 5.74) is 1.46. The molecule has 0 aliphatic heterocycles. The van der Waals surface area contributed by atoms with E-state index in [0.717, 1.165) is 5.56 Å². The number of carbonyl (C=O) groups is 2. The quantitative estimate of drug-likeness (QED) is 0.292. The third kappa shape index (κ3) is 6.82. The molecule has 9 heteroatoms. The summed E-state index contributed by atoms with van der Waals surface area (Å²) in [6.07, 6.45) is 1.35. The van der Waals surface area contributed by atoms with Gasteiger partial charge in [-0.15, -0.1) is 0 Å². The van der Waals surface area contributed by atoms with Gasteiger partial charge in [-0.3, -0.25) is 4.79 Å². The first-order valence-electron chi connectivity index (χ1n) is 10.4. The Morgan fingerprint density at radius 2 is 1.80 bits per heavy atom. The van der Waals surface area contributed by atoms with Gasteiger partial charge in [-0.25, -0.2) is 9.18 Å². The molecule has 7 nitrogen and oxygen atoms in total. The van der Waals surface area contributed by atoms with Gasteiger partial charge in [0.1, 0.15) is 24.1 Å². The Labute approximate surface area is 206 Å². The summed E-state index contributed by atoms with van der Waals surface area (Å²) >= 11 is 6.42. The van der Waals surface area contributed by atoms with Crippen molar-refractivity contribution >= 4 is 35.2 Å². The standard InChI is InChI=1S/C26H20ClFN2O5/c1-2-34-23-13-17(11-19(14-29)25(31)30-21-9-7-20(28)8-10-21)12-22(27)24(23)35-15-16-3-5-18(6-4-16)26(32)33/h3-13H,2,15H2,1H3,(H,30,31)(H,32,33)/b19-11+. The van der Waals surface area contributed by atoms with Crippen LogP contribution in [0.25, 0.3) is 6.08 Å². The molecule has 3 aromatic carbocycles. The number of aromatic carboxylic acids is 1. The van der Waals surface area contributed by atoms with Crippen LogP contribution >= 0.6 is 11.6 Å². The topological polar surface area (TPSA) is 109 Å². The Hall–Kier alpha value is -4.35. The molecule has 0 saturated heterocycles. The van der Waals surface area contributed by atoms with Crippen molar-refractivity contribution in [2.75, 3.05) is 11.9 Å². The van der Waals surface area contributed by atoms with Crippen molar-refractivity contribution in [1.82, 2.24) is 0 Å². The predicted molar refractivity (Wildman–Crippen MR) is 129 cm³/mol. The maximum Gasteiger partial charge on any atom is 0.335 e. The molecule has 0 radical (unpaired) electrons. The van der Waals surface area contributed by atoms with Gasteiger partial charge in [0, 0.05) is 5.69 Å². The Morgan fingerprint density at radius 3 is 2.40 bits per heavy atom. The van der Waals surface area contributed by atoms with Crippen LogP contribution in [0.3, 0.4) is 0 Å². The zero-order chi connectivity index (χ0) is 25.4. The first-order valence-corrected chi connectivity index (χ1v) is 10.8. The SMILES string of the molecule is CCOc1cc(/C=C(\C#N)C(=O)Nc2ccc(F)cc2)cc(Cl)c1OCc1ccc(C(=O)O)cc1. The van der Waals surface area contributed by atoms with Crippen LogP contribution < -0.4 is 14.8 Å². The maximum atomic E-state index is 13.1. The number of hydrogen-bond donors (Lipinski definition) is 2. The molecule has 0 spiro atoms. The van der Waals surface area contributed by atoms with Crippen LogP contribution in [0.4, 0.5) is 10.1 Å². The van der Waals surface area contributed by atoms with E-state index >= 15 is 0 Å². The molecule has 178 valence electrons. The van der Waals surface area contributed by atoms with Crippen LogP contribution in [0.2, 0.25) is 5.02 Å². The molecule has 1 amide bonds. The van der Waals surface area contributed by atoms with Gasteiger partial charge in [0.2, 0.25) is 0 Å². The van der Waals surface area contributed by atoms with Crippen molar-refractivity contribution < 1.29 is 28.6 Å². The van der Waals surface area contributed by atoms with Gasteiger partial charge in [0.05, 0.1) is 17.2 Å². The highest BCUT2D eigenvalue weighted by Crippen LogP contribution is 2.38. The molecule has 0 saturated carbocycles. The normalized spacial score (nSPS) is 10.9. The summed E-state index contributed by atoms with van der Waals surface area (Å²) in [5, 5.41) is 21.2. The van der Waals surface area contributed by atoms with E-state index in [9.17, 15) is 19.2 Å². The lowest BCUT2D eigenvalue weighted by atomic mass is 10.1. The highest BCUT2D eigenvalue weighted by Gasteiger charge is 2.15. The van der Waals surface area contributed by atoms with Gasteiger partial charge in [-0.1, -0.05) is 23.7 Å². The van der Waals surface area contributed by atoms with E-state index in [1.165, 1.54) is 48.5 Å². The average Bonchev–Trinajstić information content (AvgIpc) is 2.83. The first-order chi connectivity index (χ1) is 16.8. The number of ether oxygens (including phenoxy) is 2. The summed E-state index contributed by atoms with van der Waals surface area (Å²) < 4.78 is 24.5. The van der Waals surface area contributed by atoms with Crippen LogP contribution in [0.5, 0.6) is 11.5 Å². The van der Waals surface area contributed by atoms with Crippen LogP contribution in [-0.2, 0) is 11.4 Å². The van der Waals surface area contributed by atoms with Crippen molar-refractivity contribution in [2.24, 2.45) is 0 Å². The first kappa shape index (κ1) is 25.3. The number of anilines is 1. The van der Waals surface area contributed by atoms with E-state index in [1.807, 2.05) is 6.07 Å².